The van der Waals surface area contributed by atoms with E-state index < -0.39 is 0 Å². The van der Waals surface area contributed by atoms with Crippen LogP contribution in [0.25, 0.3) is 26.8 Å². The van der Waals surface area contributed by atoms with Gasteiger partial charge in [-0.1, -0.05) is 78.5 Å². The first-order valence-corrected chi connectivity index (χ1v) is 12.6. The average Bonchev–Trinajstić information content (AvgIpc) is 3.36. The molecule has 0 N–H and O–H groups in total. The number of hydrogen-bond donors (Lipinski definition) is 0. The quantitative estimate of drug-likeness (QED) is 0.266. The van der Waals surface area contributed by atoms with Gasteiger partial charge in [0.05, 0.1) is 0 Å². The summed E-state index contributed by atoms with van der Waals surface area (Å²) in [6, 6.07) is 30.2. The van der Waals surface area contributed by atoms with E-state index in [1.807, 2.05) is 23.9 Å². The van der Waals surface area contributed by atoms with Gasteiger partial charge in [-0.3, -0.25) is 0 Å². The maximum atomic E-state index is 6.18. The molecule has 2 nitrogen and oxygen atoms in total. The first-order chi connectivity index (χ1) is 16.5. The zero-order valence-electron chi connectivity index (χ0n) is 19.9. The Kier molecular flexibility index (Phi) is 5.04. The Labute approximate surface area is 204 Å². The maximum absolute atomic E-state index is 6.18. The Hall–Kier alpha value is -3.43. The van der Waals surface area contributed by atoms with Gasteiger partial charge in [0.1, 0.15) is 16.5 Å². The maximum Gasteiger partial charge on any atom is 0.135 e. The summed E-state index contributed by atoms with van der Waals surface area (Å²) >= 11 is 1.96. The third kappa shape index (κ3) is 3.26. The summed E-state index contributed by atoms with van der Waals surface area (Å²) in [5.74, 6) is 0. The Morgan fingerprint density at radius 3 is 2.15 bits per heavy atom. The highest BCUT2D eigenvalue weighted by molar-refractivity contribution is 8.09. The van der Waals surface area contributed by atoms with E-state index in [-0.39, 0.29) is 5.37 Å². The number of benzene rings is 4. The van der Waals surface area contributed by atoms with Crippen LogP contribution in [0.4, 0.5) is 5.69 Å². The van der Waals surface area contributed by atoms with Crippen LogP contribution in [0.5, 0.6) is 0 Å². The second-order valence-corrected chi connectivity index (χ2v) is 10.2. The molecule has 0 saturated heterocycles. The summed E-state index contributed by atoms with van der Waals surface area (Å²) in [5.41, 5.74) is 11.0. The van der Waals surface area contributed by atoms with E-state index in [4.69, 9.17) is 4.42 Å². The van der Waals surface area contributed by atoms with Crippen molar-refractivity contribution in [1.29, 1.82) is 0 Å². The molecular formula is C31H27NOS. The molecule has 2 heterocycles. The van der Waals surface area contributed by atoms with E-state index in [1.165, 1.54) is 54.9 Å². The van der Waals surface area contributed by atoms with Gasteiger partial charge >= 0.3 is 0 Å². The molecule has 0 bridgehead atoms. The Morgan fingerprint density at radius 1 is 0.676 bits per heavy atom. The predicted molar refractivity (Wildman–Crippen MR) is 146 cm³/mol. The van der Waals surface area contributed by atoms with Crippen LogP contribution in [0, 0.1) is 20.8 Å². The Bertz CT molecular complexity index is 1560. The lowest BCUT2D eigenvalue weighted by Gasteiger charge is -2.31. The Balaban J connectivity index is 1.60. The molecular weight excluding hydrogens is 434 g/mol. The number of para-hydroxylation sites is 1. The lowest BCUT2D eigenvalue weighted by atomic mass is 10.0. The van der Waals surface area contributed by atoms with Crippen molar-refractivity contribution in [3.8, 4) is 0 Å². The zero-order chi connectivity index (χ0) is 23.4. The highest BCUT2D eigenvalue weighted by Gasteiger charge is 2.35. The zero-order valence-corrected chi connectivity index (χ0v) is 20.7. The molecule has 0 fully saturated rings. The number of allylic oxidation sites excluding steroid dienone is 1. The molecule has 5 aromatic rings. The van der Waals surface area contributed by atoms with Gasteiger partial charge in [0.25, 0.3) is 0 Å². The van der Waals surface area contributed by atoms with E-state index in [0.29, 0.717) is 0 Å². The third-order valence-electron chi connectivity index (χ3n) is 6.93. The smallest absolute Gasteiger partial charge is 0.135 e. The van der Waals surface area contributed by atoms with Crippen molar-refractivity contribution >= 4 is 44.3 Å². The lowest BCUT2D eigenvalue weighted by molar-refractivity contribution is 0.668. The second-order valence-electron chi connectivity index (χ2n) is 9.16. The van der Waals surface area contributed by atoms with E-state index in [0.717, 1.165) is 11.2 Å². The van der Waals surface area contributed by atoms with Crippen LogP contribution in [-0.4, -0.2) is 0 Å². The van der Waals surface area contributed by atoms with Gasteiger partial charge in [-0.05, 0) is 73.7 Å². The average molecular weight is 462 g/mol. The monoisotopic (exact) mass is 461 g/mol. The number of rotatable bonds is 3. The van der Waals surface area contributed by atoms with Crippen molar-refractivity contribution in [2.75, 3.05) is 4.90 Å². The second kappa shape index (κ2) is 8.11. The van der Waals surface area contributed by atoms with E-state index in [2.05, 4.69) is 105 Å². The molecule has 1 aromatic heterocycles. The molecule has 34 heavy (non-hydrogen) atoms. The SMILES string of the molecule is CC1=C(c2ccccc2)SC(c2c(C)cccc2C)N1c1cc2c(cc1C)oc1ccccc12. The molecule has 1 aliphatic rings. The number of furan rings is 1. The van der Waals surface area contributed by atoms with E-state index in [1.54, 1.807) is 0 Å². The van der Waals surface area contributed by atoms with Crippen LogP contribution in [0.15, 0.2) is 95.0 Å². The molecule has 0 saturated carbocycles. The minimum absolute atomic E-state index is 0.172. The van der Waals surface area contributed by atoms with Crippen LogP contribution < -0.4 is 4.90 Å². The molecule has 0 amide bonds. The summed E-state index contributed by atoms with van der Waals surface area (Å²) in [7, 11) is 0. The van der Waals surface area contributed by atoms with Crippen LogP contribution in [0.2, 0.25) is 0 Å². The van der Waals surface area contributed by atoms with Crippen molar-refractivity contribution in [3.63, 3.8) is 0 Å². The van der Waals surface area contributed by atoms with Crippen LogP contribution in [0.3, 0.4) is 0 Å². The fraction of sp³-hybridized carbons (Fsp3) is 0.161. The lowest BCUT2D eigenvalue weighted by Crippen LogP contribution is -2.23. The summed E-state index contributed by atoms with van der Waals surface area (Å²) < 4.78 is 6.18. The fourth-order valence-electron chi connectivity index (χ4n) is 5.23. The fourth-order valence-corrected chi connectivity index (χ4v) is 6.87. The van der Waals surface area contributed by atoms with Crippen LogP contribution in [-0.2, 0) is 0 Å². The molecule has 0 aliphatic carbocycles. The van der Waals surface area contributed by atoms with Crippen molar-refractivity contribution in [2.24, 2.45) is 0 Å². The molecule has 6 rings (SSSR count). The van der Waals surface area contributed by atoms with Crippen LogP contribution in [0.1, 0.15) is 40.1 Å². The molecule has 1 aliphatic heterocycles. The van der Waals surface area contributed by atoms with Gasteiger partial charge in [0, 0.05) is 27.1 Å². The van der Waals surface area contributed by atoms with Crippen molar-refractivity contribution in [1.82, 2.24) is 0 Å². The molecule has 0 radical (unpaired) electrons. The van der Waals surface area contributed by atoms with E-state index in [9.17, 15) is 0 Å². The number of thioether (sulfide) groups is 1. The van der Waals surface area contributed by atoms with E-state index >= 15 is 0 Å². The minimum atomic E-state index is 0.172. The first kappa shape index (κ1) is 21.1. The first-order valence-electron chi connectivity index (χ1n) is 11.7. The van der Waals surface area contributed by atoms with Crippen molar-refractivity contribution in [2.45, 2.75) is 33.1 Å². The van der Waals surface area contributed by atoms with Crippen molar-refractivity contribution < 1.29 is 4.42 Å². The number of anilines is 1. The van der Waals surface area contributed by atoms with Crippen LogP contribution >= 0.6 is 11.8 Å². The number of hydrogen-bond acceptors (Lipinski definition) is 3. The largest absolute Gasteiger partial charge is 0.456 e. The van der Waals surface area contributed by atoms with Gasteiger partial charge in [-0.15, -0.1) is 0 Å². The number of fused-ring (bicyclic) bond motifs is 3. The highest BCUT2D eigenvalue weighted by Crippen LogP contribution is 2.55. The van der Waals surface area contributed by atoms with Gasteiger partial charge in [0.2, 0.25) is 0 Å². The summed E-state index contributed by atoms with van der Waals surface area (Å²) in [6.07, 6.45) is 0. The number of nitrogens with zero attached hydrogens (tertiary/aromatic N) is 1. The van der Waals surface area contributed by atoms with Gasteiger partial charge in [0.15, 0.2) is 0 Å². The third-order valence-corrected chi connectivity index (χ3v) is 8.37. The molecule has 0 spiro atoms. The van der Waals surface area contributed by atoms with Gasteiger partial charge < -0.3 is 9.32 Å². The molecule has 1 atom stereocenters. The van der Waals surface area contributed by atoms with Gasteiger partial charge in [-0.2, -0.15) is 0 Å². The molecule has 1 unspecified atom stereocenters. The molecule has 4 aromatic carbocycles. The molecule has 3 heteroatoms. The summed E-state index contributed by atoms with van der Waals surface area (Å²) in [4.78, 5) is 3.88. The predicted octanol–water partition coefficient (Wildman–Crippen LogP) is 9.15. The minimum Gasteiger partial charge on any atom is -0.456 e. The highest BCUT2D eigenvalue weighted by atomic mass is 32.2. The summed E-state index contributed by atoms with van der Waals surface area (Å²) in [5, 5.41) is 2.51. The topological polar surface area (TPSA) is 16.4 Å². The van der Waals surface area contributed by atoms with Gasteiger partial charge in [-0.25, -0.2) is 0 Å². The molecule has 168 valence electrons. The Morgan fingerprint density at radius 2 is 1.38 bits per heavy atom. The number of aryl methyl sites for hydroxylation is 3. The summed E-state index contributed by atoms with van der Waals surface area (Å²) in [6.45, 7) is 8.93. The van der Waals surface area contributed by atoms with Crippen molar-refractivity contribution in [3.05, 3.63) is 118 Å². The normalized spacial score (nSPS) is 16.2. The standard InChI is InChI=1S/C31H27NOS/c1-19-11-10-12-20(2)29(19)31-32(22(4)30(34-31)23-13-6-5-7-14-23)26-18-25-24-15-8-9-16-27(24)33-28(25)17-21(26)3/h5-18,31H,1-4H3.